The molecule has 1 nitrogen and oxygen atoms in total. The Morgan fingerprint density at radius 1 is 0.368 bits per heavy atom. The lowest BCUT2D eigenvalue weighted by atomic mass is 9.73. The number of hydrogen-bond donors (Lipinski definition) is 0. The van der Waals surface area contributed by atoms with Crippen LogP contribution >= 0.6 is 0 Å². The minimum absolute atomic E-state index is 0.00168. The normalized spacial score (nSPS) is 14.0. The molecule has 2 aliphatic carbocycles. The van der Waals surface area contributed by atoms with Crippen molar-refractivity contribution in [1.29, 1.82) is 0 Å². The number of benzene rings is 8. The summed E-state index contributed by atoms with van der Waals surface area (Å²) in [5, 5.41) is 0. The highest BCUT2D eigenvalue weighted by molar-refractivity contribution is 6.00. The molecule has 0 spiro atoms. The van der Waals surface area contributed by atoms with Crippen molar-refractivity contribution >= 4 is 17.1 Å². The molecule has 0 atom stereocenters. The van der Waals surface area contributed by atoms with Gasteiger partial charge in [0.1, 0.15) is 0 Å². The molecule has 10 rings (SSSR count). The summed E-state index contributed by atoms with van der Waals surface area (Å²) in [6.07, 6.45) is 2.13. The van der Waals surface area contributed by atoms with E-state index in [1.807, 2.05) is 0 Å². The van der Waals surface area contributed by atoms with Gasteiger partial charge in [0.15, 0.2) is 0 Å². The van der Waals surface area contributed by atoms with Crippen LogP contribution in [0.1, 0.15) is 62.8 Å². The summed E-state index contributed by atoms with van der Waals surface area (Å²) >= 11 is 0. The van der Waals surface area contributed by atoms with Crippen LogP contribution in [0, 0.1) is 0 Å². The lowest BCUT2D eigenvalue weighted by Crippen LogP contribution is -2.22. The monoisotopic (exact) mass is 733 g/mol. The Balaban J connectivity index is 1.15. The topological polar surface area (TPSA) is 3.24 Å². The van der Waals surface area contributed by atoms with Gasteiger partial charge in [0.25, 0.3) is 0 Å². The number of nitrogens with zero attached hydrogens (tertiary/aromatic N) is 1. The van der Waals surface area contributed by atoms with Crippen molar-refractivity contribution in [2.24, 2.45) is 0 Å². The first-order valence-electron chi connectivity index (χ1n) is 20.6. The van der Waals surface area contributed by atoms with Crippen LogP contribution in [-0.4, -0.2) is 0 Å². The largest absolute Gasteiger partial charge is 0.309 e. The van der Waals surface area contributed by atoms with E-state index in [9.17, 15) is 0 Å². The van der Waals surface area contributed by atoms with Gasteiger partial charge in [-0.15, -0.1) is 0 Å². The third kappa shape index (κ3) is 5.36. The van der Waals surface area contributed by atoms with Gasteiger partial charge in [-0.25, -0.2) is 0 Å². The molecule has 8 aromatic rings. The summed E-state index contributed by atoms with van der Waals surface area (Å²) < 4.78 is 0. The molecule has 0 fully saturated rings. The number of para-hydroxylation sites is 2. The molecule has 0 unspecified atom stereocenters. The number of anilines is 3. The number of rotatable bonds is 8. The third-order valence-corrected chi connectivity index (χ3v) is 13.2. The fourth-order valence-corrected chi connectivity index (χ4v) is 10.3. The molecule has 0 N–H and O–H groups in total. The van der Waals surface area contributed by atoms with Crippen molar-refractivity contribution in [2.75, 3.05) is 4.90 Å². The van der Waals surface area contributed by atoms with Gasteiger partial charge in [-0.3, -0.25) is 0 Å². The van der Waals surface area contributed by atoms with Gasteiger partial charge < -0.3 is 4.90 Å². The molecule has 2 aliphatic rings. The van der Waals surface area contributed by atoms with Gasteiger partial charge in [-0.05, 0) is 110 Å². The van der Waals surface area contributed by atoms with Gasteiger partial charge in [-0.1, -0.05) is 185 Å². The zero-order valence-electron chi connectivity index (χ0n) is 33.3. The molecule has 276 valence electrons. The maximum Gasteiger partial charge on any atom is 0.0540 e. The van der Waals surface area contributed by atoms with Crippen LogP contribution in [0.5, 0.6) is 0 Å². The Kier molecular flexibility index (Phi) is 8.38. The highest BCUT2D eigenvalue weighted by Gasteiger charge is 2.41. The fraction of sp³-hybridized carbons (Fsp3) is 0.143. The first-order chi connectivity index (χ1) is 27.9. The smallest absolute Gasteiger partial charge is 0.0540 e. The Hall–Kier alpha value is -6.44. The van der Waals surface area contributed by atoms with Crippen LogP contribution in [-0.2, 0) is 10.8 Å². The summed E-state index contributed by atoms with van der Waals surface area (Å²) in [6.45, 7) is 9.39. The van der Waals surface area contributed by atoms with Crippen molar-refractivity contribution in [3.05, 3.63) is 210 Å². The third-order valence-electron chi connectivity index (χ3n) is 13.2. The summed E-state index contributed by atoms with van der Waals surface area (Å²) in [4.78, 5) is 2.48. The predicted octanol–water partition coefficient (Wildman–Crippen LogP) is 15.6. The van der Waals surface area contributed by atoms with E-state index in [4.69, 9.17) is 0 Å². The van der Waals surface area contributed by atoms with Crippen LogP contribution in [0.4, 0.5) is 17.1 Å². The van der Waals surface area contributed by atoms with Crippen molar-refractivity contribution < 1.29 is 0 Å². The zero-order chi connectivity index (χ0) is 38.7. The molecule has 8 aromatic carbocycles. The molecule has 0 aromatic heterocycles. The maximum atomic E-state index is 2.48. The molecule has 0 heterocycles. The second-order valence-corrected chi connectivity index (χ2v) is 16.3. The average molecular weight is 734 g/mol. The van der Waals surface area contributed by atoms with Crippen molar-refractivity contribution in [2.45, 2.75) is 51.4 Å². The van der Waals surface area contributed by atoms with E-state index in [1.165, 1.54) is 77.9 Å². The highest BCUT2D eigenvalue weighted by atomic mass is 15.1. The molecular formula is C56H47N. The Labute approximate surface area is 337 Å². The zero-order valence-corrected chi connectivity index (χ0v) is 33.3. The minimum Gasteiger partial charge on any atom is -0.309 e. The average Bonchev–Trinajstić information content (AvgIpc) is 3.69. The Bertz CT molecular complexity index is 2780. The van der Waals surface area contributed by atoms with E-state index >= 15 is 0 Å². The van der Waals surface area contributed by atoms with Crippen LogP contribution in [0.3, 0.4) is 0 Å². The van der Waals surface area contributed by atoms with E-state index in [1.54, 1.807) is 0 Å². The SMILES string of the molecule is CCC1(CC)c2ccccc2-c2c(-c3ccccc3N(c3ccc(-c4ccc5c(c4)-c4ccccc4C5(C)C)cc3)c3ccccc3-c3ccccc3)cccc21. The molecule has 1 heteroatoms. The lowest BCUT2D eigenvalue weighted by Gasteiger charge is -2.31. The van der Waals surface area contributed by atoms with E-state index in [0.29, 0.717) is 0 Å². The molecule has 0 aliphatic heterocycles. The van der Waals surface area contributed by atoms with Crippen molar-refractivity contribution in [3.63, 3.8) is 0 Å². The van der Waals surface area contributed by atoms with Gasteiger partial charge in [0.2, 0.25) is 0 Å². The van der Waals surface area contributed by atoms with Gasteiger partial charge in [0, 0.05) is 27.6 Å². The summed E-state index contributed by atoms with van der Waals surface area (Å²) in [5.74, 6) is 0. The second kappa shape index (κ2) is 13.6. The first kappa shape index (κ1) is 35.0. The standard InChI is InChI=1S/C56H47N/c1-5-56(6-2)50-27-15-11-24-46(50)54-45(25-18-28-51(54)56)44-23-13-17-30-53(44)57(52-29-16-12-21-42(52)39-19-8-7-9-20-39)41-34-31-38(32-35-41)40-33-36-49-47(37-40)43-22-10-14-26-48(43)55(49,3)4/h7-37H,5-6H2,1-4H3. The predicted molar refractivity (Wildman–Crippen MR) is 242 cm³/mol. The van der Waals surface area contributed by atoms with Gasteiger partial charge in [-0.2, -0.15) is 0 Å². The Morgan fingerprint density at radius 3 is 1.61 bits per heavy atom. The van der Waals surface area contributed by atoms with Crippen LogP contribution in [0.15, 0.2) is 188 Å². The van der Waals surface area contributed by atoms with Crippen molar-refractivity contribution in [1.82, 2.24) is 0 Å². The molecular weight excluding hydrogens is 687 g/mol. The molecule has 0 saturated heterocycles. The lowest BCUT2D eigenvalue weighted by molar-refractivity contribution is 0.490. The highest BCUT2D eigenvalue weighted by Crippen LogP contribution is 2.57. The summed E-state index contributed by atoms with van der Waals surface area (Å²) in [6, 6.07) is 70.0. The van der Waals surface area contributed by atoms with Crippen LogP contribution < -0.4 is 4.90 Å². The van der Waals surface area contributed by atoms with Crippen molar-refractivity contribution in [3.8, 4) is 55.6 Å². The van der Waals surface area contributed by atoms with E-state index in [2.05, 4.69) is 221 Å². The van der Waals surface area contributed by atoms with E-state index in [0.717, 1.165) is 29.9 Å². The molecule has 0 saturated carbocycles. The summed E-state index contributed by atoms with van der Waals surface area (Å²) in [5.41, 5.74) is 21.9. The molecule has 0 bridgehead atoms. The van der Waals surface area contributed by atoms with Crippen LogP contribution in [0.2, 0.25) is 0 Å². The minimum atomic E-state index is -0.0100. The summed E-state index contributed by atoms with van der Waals surface area (Å²) in [7, 11) is 0. The quantitative estimate of drug-likeness (QED) is 0.150. The van der Waals surface area contributed by atoms with E-state index in [-0.39, 0.29) is 10.8 Å². The molecule has 0 radical (unpaired) electrons. The van der Waals surface area contributed by atoms with Gasteiger partial charge >= 0.3 is 0 Å². The van der Waals surface area contributed by atoms with Gasteiger partial charge in [0.05, 0.1) is 11.4 Å². The first-order valence-corrected chi connectivity index (χ1v) is 20.6. The van der Waals surface area contributed by atoms with Crippen LogP contribution in [0.25, 0.3) is 55.6 Å². The molecule has 57 heavy (non-hydrogen) atoms. The maximum absolute atomic E-state index is 2.48. The number of fused-ring (bicyclic) bond motifs is 6. The molecule has 0 amide bonds. The number of hydrogen-bond acceptors (Lipinski definition) is 1. The second-order valence-electron chi connectivity index (χ2n) is 16.3. The Morgan fingerprint density at radius 2 is 0.895 bits per heavy atom. The fourth-order valence-electron chi connectivity index (χ4n) is 10.3. The van der Waals surface area contributed by atoms with E-state index < -0.39 is 0 Å².